The Hall–Kier alpha value is -1.79. The molecule has 144 valence electrons. The zero-order valence-electron chi connectivity index (χ0n) is 15.2. The van der Waals surface area contributed by atoms with E-state index in [9.17, 15) is 4.79 Å². The van der Waals surface area contributed by atoms with Crippen molar-refractivity contribution in [3.63, 3.8) is 0 Å². The first-order valence-corrected chi connectivity index (χ1v) is 9.67. The Balaban J connectivity index is 1.53. The van der Waals surface area contributed by atoms with Gasteiger partial charge in [-0.25, -0.2) is 4.79 Å². The van der Waals surface area contributed by atoms with E-state index < -0.39 is 0 Å². The Morgan fingerprint density at radius 3 is 2.85 bits per heavy atom. The Bertz CT molecular complexity index is 801. The fourth-order valence-electron chi connectivity index (χ4n) is 3.07. The molecule has 2 aromatic carbocycles. The maximum Gasteiger partial charge on any atom is 0.319 e. The highest BCUT2D eigenvalue weighted by atomic mass is 35.5. The van der Waals surface area contributed by atoms with E-state index in [0.29, 0.717) is 22.3 Å². The monoisotopic (exact) mass is 407 g/mol. The molecule has 2 N–H and O–H groups in total. The zero-order chi connectivity index (χ0) is 19.2. The van der Waals surface area contributed by atoms with E-state index in [-0.39, 0.29) is 12.1 Å². The topological polar surface area (TPSA) is 53.6 Å². The van der Waals surface area contributed by atoms with Gasteiger partial charge in [0.15, 0.2) is 0 Å². The molecule has 3 rings (SSSR count). The number of nitrogens with one attached hydrogen (secondary N) is 2. The minimum Gasteiger partial charge on any atom is -0.376 e. The fraction of sp³-hybridized carbons (Fsp3) is 0.350. The summed E-state index contributed by atoms with van der Waals surface area (Å²) in [6.07, 6.45) is 0.269. The molecule has 1 fully saturated rings. The number of anilines is 1. The predicted molar refractivity (Wildman–Crippen MR) is 109 cm³/mol. The average molecular weight is 408 g/mol. The number of hydrogen-bond donors (Lipinski definition) is 2. The molecule has 1 heterocycles. The minimum absolute atomic E-state index is 0.269. The van der Waals surface area contributed by atoms with Crippen LogP contribution in [0.2, 0.25) is 10.0 Å². The molecule has 0 radical (unpaired) electrons. The summed E-state index contributed by atoms with van der Waals surface area (Å²) >= 11 is 12.0. The highest BCUT2D eigenvalue weighted by molar-refractivity contribution is 6.35. The lowest BCUT2D eigenvalue weighted by molar-refractivity contribution is -0.0212. The first-order chi connectivity index (χ1) is 13.0. The van der Waals surface area contributed by atoms with Crippen molar-refractivity contribution in [2.24, 2.45) is 0 Å². The van der Waals surface area contributed by atoms with Gasteiger partial charge in [0.2, 0.25) is 0 Å². The van der Waals surface area contributed by atoms with Gasteiger partial charge in [-0.3, -0.25) is 4.90 Å². The van der Waals surface area contributed by atoms with Gasteiger partial charge in [0.1, 0.15) is 0 Å². The highest BCUT2D eigenvalue weighted by Gasteiger charge is 2.16. The summed E-state index contributed by atoms with van der Waals surface area (Å²) in [7, 11) is 0. The molecule has 5 nitrogen and oxygen atoms in total. The second-order valence-electron chi connectivity index (χ2n) is 6.67. The second-order valence-corrected chi connectivity index (χ2v) is 7.51. The van der Waals surface area contributed by atoms with Crippen molar-refractivity contribution in [3.05, 3.63) is 63.6 Å². The van der Waals surface area contributed by atoms with Crippen molar-refractivity contribution in [1.82, 2.24) is 10.2 Å². The van der Waals surface area contributed by atoms with E-state index in [1.807, 2.05) is 12.1 Å². The van der Waals surface area contributed by atoms with Crippen LogP contribution in [-0.4, -0.2) is 36.7 Å². The van der Waals surface area contributed by atoms with Gasteiger partial charge in [-0.2, -0.15) is 0 Å². The van der Waals surface area contributed by atoms with Crippen LogP contribution in [0, 0.1) is 0 Å². The number of nitrogens with zero attached hydrogens (tertiary/aromatic N) is 1. The molecule has 1 aliphatic heterocycles. The van der Waals surface area contributed by atoms with Gasteiger partial charge < -0.3 is 15.4 Å². The Kier molecular flexibility index (Phi) is 6.96. The van der Waals surface area contributed by atoms with Crippen LogP contribution >= 0.6 is 23.2 Å². The summed E-state index contributed by atoms with van der Waals surface area (Å²) in [6.45, 7) is 6.05. The van der Waals surface area contributed by atoms with E-state index in [0.717, 1.165) is 31.8 Å². The highest BCUT2D eigenvalue weighted by Crippen LogP contribution is 2.25. The van der Waals surface area contributed by atoms with Crippen molar-refractivity contribution >= 4 is 34.9 Å². The molecule has 0 spiro atoms. The van der Waals surface area contributed by atoms with Gasteiger partial charge in [-0.15, -0.1) is 0 Å². The molecule has 2 aromatic rings. The number of carbonyl (C=O) groups is 1. The molecule has 0 aliphatic carbocycles. The maximum absolute atomic E-state index is 12.1. The average Bonchev–Trinajstić information content (AvgIpc) is 2.63. The summed E-state index contributed by atoms with van der Waals surface area (Å²) < 4.78 is 5.59. The summed E-state index contributed by atoms with van der Waals surface area (Å²) in [4.78, 5) is 14.5. The van der Waals surface area contributed by atoms with E-state index >= 15 is 0 Å². The SMILES string of the molecule is C[C@@H]1CN(Cc2cccc(CNC(=O)Nc3cc(Cl)ccc3Cl)c2)CCO1. The van der Waals surface area contributed by atoms with E-state index in [4.69, 9.17) is 27.9 Å². The summed E-state index contributed by atoms with van der Waals surface area (Å²) in [5.41, 5.74) is 2.75. The molecule has 1 atom stereocenters. The standard InChI is InChI=1S/C20H23Cl2N3O2/c1-14-12-25(7-8-27-14)13-16-4-2-3-15(9-16)11-23-20(26)24-19-10-17(21)5-6-18(19)22/h2-6,9-10,14H,7-8,11-13H2,1H3,(H2,23,24,26)/t14-/m1/s1. The van der Waals surface area contributed by atoms with Crippen molar-refractivity contribution in [3.8, 4) is 0 Å². The molecule has 1 aliphatic rings. The first kappa shape index (κ1) is 20.0. The van der Waals surface area contributed by atoms with E-state index in [2.05, 4.69) is 34.6 Å². The van der Waals surface area contributed by atoms with Gasteiger partial charge in [0, 0.05) is 31.2 Å². The van der Waals surface area contributed by atoms with Crippen molar-refractivity contribution in [2.45, 2.75) is 26.1 Å². The summed E-state index contributed by atoms with van der Waals surface area (Å²) in [5, 5.41) is 6.52. The quantitative estimate of drug-likeness (QED) is 0.764. The zero-order valence-corrected chi connectivity index (χ0v) is 16.7. The lowest BCUT2D eigenvalue weighted by Crippen LogP contribution is -2.40. The molecular formula is C20H23Cl2N3O2. The van der Waals surface area contributed by atoms with Crippen molar-refractivity contribution in [1.29, 1.82) is 0 Å². The molecule has 7 heteroatoms. The van der Waals surface area contributed by atoms with Gasteiger partial charge in [-0.1, -0.05) is 47.5 Å². The molecule has 0 saturated carbocycles. The molecule has 2 amide bonds. The number of amides is 2. The minimum atomic E-state index is -0.327. The smallest absolute Gasteiger partial charge is 0.319 e. The largest absolute Gasteiger partial charge is 0.376 e. The Morgan fingerprint density at radius 1 is 1.22 bits per heavy atom. The number of carbonyl (C=O) groups excluding carboxylic acids is 1. The third-order valence-electron chi connectivity index (χ3n) is 4.35. The number of benzene rings is 2. The normalized spacial score (nSPS) is 17.5. The van der Waals surface area contributed by atoms with Crippen LogP contribution in [-0.2, 0) is 17.8 Å². The molecule has 1 saturated heterocycles. The van der Waals surface area contributed by atoms with Crippen LogP contribution in [0.3, 0.4) is 0 Å². The van der Waals surface area contributed by atoms with E-state index in [1.165, 1.54) is 5.56 Å². The Labute approximate surface area is 169 Å². The third-order valence-corrected chi connectivity index (χ3v) is 4.92. The number of urea groups is 1. The van der Waals surface area contributed by atoms with Crippen LogP contribution < -0.4 is 10.6 Å². The van der Waals surface area contributed by atoms with Crippen LogP contribution in [0.5, 0.6) is 0 Å². The van der Waals surface area contributed by atoms with Crippen molar-refractivity contribution < 1.29 is 9.53 Å². The number of ether oxygens (including phenoxy) is 1. The first-order valence-electron chi connectivity index (χ1n) is 8.91. The van der Waals surface area contributed by atoms with Crippen LogP contribution in [0.15, 0.2) is 42.5 Å². The maximum atomic E-state index is 12.1. The van der Waals surface area contributed by atoms with Crippen molar-refractivity contribution in [2.75, 3.05) is 25.0 Å². The number of hydrogen-bond acceptors (Lipinski definition) is 3. The van der Waals surface area contributed by atoms with Gasteiger partial charge >= 0.3 is 6.03 Å². The lowest BCUT2D eigenvalue weighted by atomic mass is 10.1. The number of morpholine rings is 1. The van der Waals surface area contributed by atoms with Gasteiger partial charge in [0.25, 0.3) is 0 Å². The summed E-state index contributed by atoms with van der Waals surface area (Å²) in [6, 6.07) is 12.9. The number of halogens is 2. The fourth-order valence-corrected chi connectivity index (χ4v) is 3.41. The lowest BCUT2D eigenvalue weighted by Gasteiger charge is -2.31. The molecular weight excluding hydrogens is 385 g/mol. The van der Waals surface area contributed by atoms with Gasteiger partial charge in [-0.05, 0) is 36.2 Å². The molecule has 0 unspecified atom stereocenters. The van der Waals surface area contributed by atoms with Crippen LogP contribution in [0.25, 0.3) is 0 Å². The molecule has 27 heavy (non-hydrogen) atoms. The van der Waals surface area contributed by atoms with E-state index in [1.54, 1.807) is 18.2 Å². The second kappa shape index (κ2) is 9.42. The third kappa shape index (κ3) is 6.11. The predicted octanol–water partition coefficient (Wildman–Crippen LogP) is 4.54. The van der Waals surface area contributed by atoms with Crippen LogP contribution in [0.1, 0.15) is 18.1 Å². The van der Waals surface area contributed by atoms with Gasteiger partial charge in [0.05, 0.1) is 23.4 Å². The number of rotatable bonds is 5. The summed E-state index contributed by atoms with van der Waals surface area (Å²) in [5.74, 6) is 0. The van der Waals surface area contributed by atoms with Crippen LogP contribution in [0.4, 0.5) is 10.5 Å². The Morgan fingerprint density at radius 2 is 2.04 bits per heavy atom. The molecule has 0 bridgehead atoms. The molecule has 0 aromatic heterocycles.